The molecule has 0 saturated heterocycles. The Hall–Kier alpha value is -1.46. The maximum atomic E-state index is 12.9. The molecule has 0 radical (unpaired) electrons. The lowest BCUT2D eigenvalue weighted by atomic mass is 10.1. The van der Waals surface area contributed by atoms with Crippen LogP contribution in [0.15, 0.2) is 53.0 Å². The van der Waals surface area contributed by atoms with E-state index in [0.717, 1.165) is 15.7 Å². The molecule has 5 heteroatoms. The number of hydrogen-bond donors (Lipinski definition) is 2. The second-order valence-corrected chi connectivity index (χ2v) is 5.70. The van der Waals surface area contributed by atoms with Crippen molar-refractivity contribution in [2.45, 2.75) is 13.0 Å². The third-order valence-electron chi connectivity index (χ3n) is 2.82. The molecule has 0 aliphatic rings. The summed E-state index contributed by atoms with van der Waals surface area (Å²) < 4.78 is 13.9. The van der Waals surface area contributed by atoms with Crippen LogP contribution >= 0.6 is 28.1 Å². The predicted molar refractivity (Wildman–Crippen MR) is 88.3 cm³/mol. The average molecular weight is 353 g/mol. The Morgan fingerprint density at radius 2 is 1.70 bits per heavy atom. The van der Waals surface area contributed by atoms with Crippen LogP contribution < -0.4 is 10.6 Å². The molecule has 104 valence electrons. The molecule has 0 aliphatic heterocycles. The van der Waals surface area contributed by atoms with E-state index in [1.165, 1.54) is 12.1 Å². The highest BCUT2D eigenvalue weighted by atomic mass is 79.9. The molecule has 1 atom stereocenters. The molecule has 1 unspecified atom stereocenters. The van der Waals surface area contributed by atoms with E-state index in [-0.39, 0.29) is 11.9 Å². The van der Waals surface area contributed by atoms with Crippen LogP contribution in [0.2, 0.25) is 0 Å². The van der Waals surface area contributed by atoms with E-state index in [0.29, 0.717) is 5.11 Å². The zero-order valence-corrected chi connectivity index (χ0v) is 13.3. The van der Waals surface area contributed by atoms with Crippen molar-refractivity contribution in [1.29, 1.82) is 0 Å². The number of rotatable bonds is 3. The number of anilines is 1. The highest BCUT2D eigenvalue weighted by molar-refractivity contribution is 9.10. The van der Waals surface area contributed by atoms with Gasteiger partial charge in [-0.3, -0.25) is 0 Å². The standard InChI is InChI=1S/C15H14BrFN2S/c1-10(11-2-6-13(17)7-3-11)18-15(20)19-14-8-4-12(16)5-9-14/h2-10H,1H3,(H2,18,19,20). The predicted octanol–water partition coefficient (Wildman–Crippen LogP) is 4.64. The van der Waals surface area contributed by atoms with Crippen LogP contribution in [0.4, 0.5) is 10.1 Å². The molecule has 0 spiro atoms. The Bertz CT molecular complexity index is 584. The number of benzene rings is 2. The van der Waals surface area contributed by atoms with Gasteiger partial charge in [-0.25, -0.2) is 4.39 Å². The quantitative estimate of drug-likeness (QED) is 0.787. The van der Waals surface area contributed by atoms with Gasteiger partial charge in [0.2, 0.25) is 0 Å². The summed E-state index contributed by atoms with van der Waals surface area (Å²) in [5, 5.41) is 6.80. The number of halogens is 2. The normalized spacial score (nSPS) is 11.8. The van der Waals surface area contributed by atoms with Crippen molar-refractivity contribution >= 4 is 38.9 Å². The number of nitrogens with one attached hydrogen (secondary N) is 2. The molecule has 0 heterocycles. The van der Waals surface area contributed by atoms with E-state index < -0.39 is 0 Å². The fourth-order valence-electron chi connectivity index (χ4n) is 1.73. The lowest BCUT2D eigenvalue weighted by Crippen LogP contribution is -2.30. The van der Waals surface area contributed by atoms with Crippen molar-refractivity contribution in [2.24, 2.45) is 0 Å². The average Bonchev–Trinajstić information content (AvgIpc) is 2.42. The van der Waals surface area contributed by atoms with Gasteiger partial charge in [-0.1, -0.05) is 28.1 Å². The summed E-state index contributed by atoms with van der Waals surface area (Å²) in [6.45, 7) is 1.97. The summed E-state index contributed by atoms with van der Waals surface area (Å²) in [5.74, 6) is -0.239. The summed E-state index contributed by atoms with van der Waals surface area (Å²) in [7, 11) is 0. The number of thiocarbonyl (C=S) groups is 1. The van der Waals surface area contributed by atoms with Crippen LogP contribution in [0.1, 0.15) is 18.5 Å². The highest BCUT2D eigenvalue weighted by Gasteiger charge is 2.07. The van der Waals surface area contributed by atoms with Crippen LogP contribution in [0, 0.1) is 5.82 Å². The first-order valence-corrected chi connectivity index (χ1v) is 7.33. The molecular weight excluding hydrogens is 339 g/mol. The molecule has 0 aliphatic carbocycles. The molecular formula is C15H14BrFN2S. The molecule has 2 aromatic rings. The van der Waals surface area contributed by atoms with Crippen LogP contribution in [-0.2, 0) is 0 Å². The molecule has 0 saturated carbocycles. The third kappa shape index (κ3) is 4.28. The highest BCUT2D eigenvalue weighted by Crippen LogP contribution is 2.15. The van der Waals surface area contributed by atoms with Gasteiger partial charge in [0.05, 0.1) is 6.04 Å². The van der Waals surface area contributed by atoms with Gasteiger partial charge in [-0.15, -0.1) is 0 Å². The van der Waals surface area contributed by atoms with Crippen molar-refractivity contribution < 1.29 is 4.39 Å². The topological polar surface area (TPSA) is 24.1 Å². The Morgan fingerprint density at radius 1 is 1.10 bits per heavy atom. The molecule has 2 N–H and O–H groups in total. The molecule has 2 nitrogen and oxygen atoms in total. The fourth-order valence-corrected chi connectivity index (χ4v) is 2.29. The maximum Gasteiger partial charge on any atom is 0.171 e. The van der Waals surface area contributed by atoms with Crippen molar-refractivity contribution in [3.63, 3.8) is 0 Å². The Labute approximate surface area is 131 Å². The van der Waals surface area contributed by atoms with Crippen LogP contribution in [0.5, 0.6) is 0 Å². The molecule has 2 aromatic carbocycles. The van der Waals surface area contributed by atoms with Gasteiger partial charge >= 0.3 is 0 Å². The Balaban J connectivity index is 1.93. The summed E-state index contributed by atoms with van der Waals surface area (Å²) >= 11 is 8.64. The SMILES string of the molecule is CC(NC(=S)Nc1ccc(Br)cc1)c1ccc(F)cc1. The van der Waals surface area contributed by atoms with Gasteiger partial charge in [-0.05, 0) is 61.1 Å². The van der Waals surface area contributed by atoms with Crippen LogP contribution in [0.25, 0.3) is 0 Å². The van der Waals surface area contributed by atoms with Crippen molar-refractivity contribution in [1.82, 2.24) is 5.32 Å². The molecule has 0 fully saturated rings. The number of hydrogen-bond acceptors (Lipinski definition) is 1. The van der Waals surface area contributed by atoms with Gasteiger partial charge in [0.25, 0.3) is 0 Å². The largest absolute Gasteiger partial charge is 0.356 e. The fraction of sp³-hybridized carbons (Fsp3) is 0.133. The first-order chi connectivity index (χ1) is 9.54. The molecule has 0 aromatic heterocycles. The van der Waals surface area contributed by atoms with Crippen molar-refractivity contribution in [3.05, 3.63) is 64.4 Å². The van der Waals surface area contributed by atoms with Gasteiger partial charge in [0.15, 0.2) is 5.11 Å². The minimum atomic E-state index is -0.239. The Kier molecular flexibility index (Phi) is 5.09. The van der Waals surface area contributed by atoms with Gasteiger partial charge < -0.3 is 10.6 Å². The first kappa shape index (κ1) is 14.9. The smallest absolute Gasteiger partial charge is 0.171 e. The van der Waals surface area contributed by atoms with Crippen LogP contribution in [-0.4, -0.2) is 5.11 Å². The minimum absolute atomic E-state index is 0.00560. The third-order valence-corrected chi connectivity index (χ3v) is 3.57. The maximum absolute atomic E-state index is 12.9. The van der Waals surface area contributed by atoms with E-state index >= 15 is 0 Å². The molecule has 0 amide bonds. The zero-order valence-electron chi connectivity index (χ0n) is 10.9. The second kappa shape index (κ2) is 6.81. The van der Waals surface area contributed by atoms with Crippen LogP contribution in [0.3, 0.4) is 0 Å². The second-order valence-electron chi connectivity index (χ2n) is 4.38. The summed E-state index contributed by atoms with van der Waals surface area (Å²) in [6.07, 6.45) is 0. The van der Waals surface area contributed by atoms with E-state index in [4.69, 9.17) is 12.2 Å². The summed E-state index contributed by atoms with van der Waals surface area (Å²) in [4.78, 5) is 0. The first-order valence-electron chi connectivity index (χ1n) is 6.13. The van der Waals surface area contributed by atoms with E-state index in [1.807, 2.05) is 31.2 Å². The van der Waals surface area contributed by atoms with Gasteiger partial charge in [0, 0.05) is 10.2 Å². The lowest BCUT2D eigenvalue weighted by molar-refractivity contribution is 0.624. The summed E-state index contributed by atoms with van der Waals surface area (Å²) in [6, 6.07) is 14.1. The van der Waals surface area contributed by atoms with E-state index in [1.54, 1.807) is 12.1 Å². The minimum Gasteiger partial charge on any atom is -0.356 e. The monoisotopic (exact) mass is 352 g/mol. The zero-order chi connectivity index (χ0) is 14.5. The van der Waals surface area contributed by atoms with Crippen molar-refractivity contribution in [3.8, 4) is 0 Å². The van der Waals surface area contributed by atoms with E-state index in [2.05, 4.69) is 26.6 Å². The van der Waals surface area contributed by atoms with Gasteiger partial charge in [0.1, 0.15) is 5.82 Å². The van der Waals surface area contributed by atoms with Gasteiger partial charge in [-0.2, -0.15) is 0 Å². The molecule has 20 heavy (non-hydrogen) atoms. The molecule has 2 rings (SSSR count). The van der Waals surface area contributed by atoms with E-state index in [9.17, 15) is 4.39 Å². The summed E-state index contributed by atoms with van der Waals surface area (Å²) in [5.41, 5.74) is 1.89. The lowest BCUT2D eigenvalue weighted by Gasteiger charge is -2.17. The van der Waals surface area contributed by atoms with Crippen molar-refractivity contribution in [2.75, 3.05) is 5.32 Å². The Morgan fingerprint density at radius 3 is 2.30 bits per heavy atom. The molecule has 0 bridgehead atoms.